The van der Waals surface area contributed by atoms with Crippen LogP contribution in [0, 0.1) is 6.92 Å². The Balaban J connectivity index is 2.08. The van der Waals surface area contributed by atoms with Crippen molar-refractivity contribution in [1.82, 2.24) is 4.57 Å². The minimum absolute atomic E-state index is 0.112. The van der Waals surface area contributed by atoms with Crippen molar-refractivity contribution in [2.75, 3.05) is 6.61 Å². The number of benzene rings is 1. The van der Waals surface area contributed by atoms with Gasteiger partial charge in [0.05, 0.1) is 6.54 Å². The highest BCUT2D eigenvalue weighted by molar-refractivity contribution is 5.90. The highest BCUT2D eigenvalue weighted by atomic mass is 16.5. The molecule has 1 aromatic heterocycles. The second kappa shape index (κ2) is 6.06. The third-order valence-electron chi connectivity index (χ3n) is 2.86. The monoisotopic (exact) mass is 273 g/mol. The third kappa shape index (κ3) is 3.26. The maximum Gasteiger partial charge on any atom is 0.339 e. The summed E-state index contributed by atoms with van der Waals surface area (Å²) in [7, 11) is 0. The Bertz CT molecular complexity index is 676. The van der Waals surface area contributed by atoms with Crippen molar-refractivity contribution >= 4 is 5.97 Å². The number of aryl methyl sites for hydroxylation is 1. The van der Waals surface area contributed by atoms with E-state index in [9.17, 15) is 9.59 Å². The topological polar surface area (TPSA) is 68.5 Å². The molecule has 20 heavy (non-hydrogen) atoms. The quantitative estimate of drug-likeness (QED) is 0.903. The Hall–Kier alpha value is -2.56. The lowest BCUT2D eigenvalue weighted by molar-refractivity contribution is 0.0692. The summed E-state index contributed by atoms with van der Waals surface area (Å²) in [6, 6.07) is 9.81. The van der Waals surface area contributed by atoms with Gasteiger partial charge in [-0.2, -0.15) is 0 Å². The van der Waals surface area contributed by atoms with Gasteiger partial charge in [0.25, 0.3) is 5.56 Å². The van der Waals surface area contributed by atoms with Gasteiger partial charge in [-0.25, -0.2) is 4.79 Å². The van der Waals surface area contributed by atoms with Crippen LogP contribution in [0.15, 0.2) is 47.4 Å². The van der Waals surface area contributed by atoms with Crippen molar-refractivity contribution in [2.24, 2.45) is 0 Å². The minimum atomic E-state index is -1.03. The molecule has 5 nitrogen and oxygen atoms in total. The maximum absolute atomic E-state index is 11.5. The number of hydrogen-bond acceptors (Lipinski definition) is 3. The zero-order valence-corrected chi connectivity index (χ0v) is 11.1. The lowest BCUT2D eigenvalue weighted by Crippen LogP contribution is -2.21. The van der Waals surface area contributed by atoms with Crippen LogP contribution in [0.25, 0.3) is 0 Å². The fourth-order valence-corrected chi connectivity index (χ4v) is 1.82. The number of pyridine rings is 1. The number of carboxylic acid groups (broad SMARTS) is 1. The van der Waals surface area contributed by atoms with Crippen LogP contribution < -0.4 is 10.3 Å². The van der Waals surface area contributed by atoms with Gasteiger partial charge < -0.3 is 14.4 Å². The van der Waals surface area contributed by atoms with E-state index < -0.39 is 5.97 Å². The molecule has 5 heteroatoms. The second-order valence-corrected chi connectivity index (χ2v) is 4.39. The summed E-state index contributed by atoms with van der Waals surface area (Å²) >= 11 is 0. The van der Waals surface area contributed by atoms with Crippen LogP contribution in [0.3, 0.4) is 0 Å². The molecule has 0 aliphatic carbocycles. The molecule has 0 spiro atoms. The van der Waals surface area contributed by atoms with E-state index in [2.05, 4.69) is 0 Å². The molecular formula is C15H15NO4. The first-order chi connectivity index (χ1) is 9.58. The van der Waals surface area contributed by atoms with E-state index in [4.69, 9.17) is 9.84 Å². The summed E-state index contributed by atoms with van der Waals surface area (Å²) in [4.78, 5) is 22.6. The highest BCUT2D eigenvalue weighted by Gasteiger charge is 2.11. The Morgan fingerprint density at radius 3 is 2.80 bits per heavy atom. The number of carbonyl (C=O) groups is 1. The van der Waals surface area contributed by atoms with Crippen LogP contribution in [0.1, 0.15) is 15.9 Å². The van der Waals surface area contributed by atoms with E-state index in [1.54, 1.807) is 30.5 Å². The van der Waals surface area contributed by atoms with Crippen molar-refractivity contribution in [2.45, 2.75) is 13.5 Å². The van der Waals surface area contributed by atoms with Gasteiger partial charge in [0, 0.05) is 12.3 Å². The van der Waals surface area contributed by atoms with E-state index in [-0.39, 0.29) is 17.7 Å². The molecule has 0 aliphatic rings. The summed E-state index contributed by atoms with van der Waals surface area (Å²) in [6.45, 7) is 2.46. The number of aromatic nitrogens is 1. The summed E-state index contributed by atoms with van der Waals surface area (Å²) < 4.78 is 7.01. The molecule has 1 heterocycles. The van der Waals surface area contributed by atoms with Gasteiger partial charge in [-0.1, -0.05) is 12.1 Å². The molecule has 0 bridgehead atoms. The van der Waals surface area contributed by atoms with Crippen LogP contribution in [0.4, 0.5) is 0 Å². The largest absolute Gasteiger partial charge is 0.491 e. The average Bonchev–Trinajstić information content (AvgIpc) is 2.41. The van der Waals surface area contributed by atoms with Crippen molar-refractivity contribution in [3.63, 3.8) is 0 Å². The standard InChI is InChI=1S/C15H15NO4/c1-11-5-6-12(15(18)19)13(10-11)20-9-8-16-7-3-2-4-14(16)17/h2-7,10H,8-9H2,1H3,(H,18,19). The SMILES string of the molecule is Cc1ccc(C(=O)O)c(OCCn2ccccc2=O)c1. The van der Waals surface area contributed by atoms with E-state index in [0.717, 1.165) is 5.56 Å². The predicted molar refractivity (Wildman–Crippen MR) is 74.3 cm³/mol. The normalized spacial score (nSPS) is 10.2. The van der Waals surface area contributed by atoms with Crippen molar-refractivity contribution in [3.05, 3.63) is 64.1 Å². The van der Waals surface area contributed by atoms with Crippen LogP contribution >= 0.6 is 0 Å². The van der Waals surface area contributed by atoms with E-state index in [0.29, 0.717) is 12.3 Å². The van der Waals surface area contributed by atoms with E-state index >= 15 is 0 Å². The van der Waals surface area contributed by atoms with E-state index in [1.807, 2.05) is 6.92 Å². The van der Waals surface area contributed by atoms with Crippen molar-refractivity contribution < 1.29 is 14.6 Å². The Kier molecular flexibility index (Phi) is 4.20. The number of aromatic carboxylic acids is 1. The van der Waals surface area contributed by atoms with Gasteiger partial charge in [-0.15, -0.1) is 0 Å². The zero-order chi connectivity index (χ0) is 14.5. The van der Waals surface area contributed by atoms with Crippen LogP contribution in [-0.4, -0.2) is 22.2 Å². The van der Waals surface area contributed by atoms with Crippen molar-refractivity contribution in [3.8, 4) is 5.75 Å². The van der Waals surface area contributed by atoms with Gasteiger partial charge in [0.15, 0.2) is 0 Å². The predicted octanol–water partition coefficient (Wildman–Crippen LogP) is 1.93. The molecule has 0 saturated carbocycles. The average molecular weight is 273 g/mol. The van der Waals surface area contributed by atoms with Gasteiger partial charge >= 0.3 is 5.97 Å². The first-order valence-corrected chi connectivity index (χ1v) is 6.20. The molecule has 0 saturated heterocycles. The maximum atomic E-state index is 11.5. The number of rotatable bonds is 5. The first kappa shape index (κ1) is 13.9. The summed E-state index contributed by atoms with van der Waals surface area (Å²) in [6.07, 6.45) is 1.67. The summed E-state index contributed by atoms with van der Waals surface area (Å²) in [5.74, 6) is -0.710. The molecule has 0 fully saturated rings. The molecule has 0 amide bonds. The Labute approximate surface area is 116 Å². The minimum Gasteiger partial charge on any atom is -0.491 e. The second-order valence-electron chi connectivity index (χ2n) is 4.39. The van der Waals surface area contributed by atoms with Gasteiger partial charge in [-0.3, -0.25) is 4.79 Å². The van der Waals surface area contributed by atoms with Gasteiger partial charge in [0.2, 0.25) is 0 Å². The zero-order valence-electron chi connectivity index (χ0n) is 11.1. The molecule has 0 atom stereocenters. The highest BCUT2D eigenvalue weighted by Crippen LogP contribution is 2.20. The van der Waals surface area contributed by atoms with Gasteiger partial charge in [-0.05, 0) is 30.7 Å². The smallest absolute Gasteiger partial charge is 0.339 e. The molecular weight excluding hydrogens is 258 g/mol. The summed E-state index contributed by atoms with van der Waals surface area (Å²) in [5.41, 5.74) is 0.927. The molecule has 2 aromatic rings. The number of ether oxygens (including phenoxy) is 1. The van der Waals surface area contributed by atoms with Crippen LogP contribution in [-0.2, 0) is 6.54 Å². The number of carboxylic acids is 1. The fourth-order valence-electron chi connectivity index (χ4n) is 1.82. The molecule has 104 valence electrons. The van der Waals surface area contributed by atoms with Crippen molar-refractivity contribution in [1.29, 1.82) is 0 Å². The third-order valence-corrected chi connectivity index (χ3v) is 2.86. The fraction of sp³-hybridized carbons (Fsp3) is 0.200. The molecule has 0 aliphatic heterocycles. The Morgan fingerprint density at radius 1 is 1.30 bits per heavy atom. The molecule has 0 radical (unpaired) electrons. The van der Waals surface area contributed by atoms with Crippen LogP contribution in [0.2, 0.25) is 0 Å². The molecule has 0 unspecified atom stereocenters. The first-order valence-electron chi connectivity index (χ1n) is 6.20. The number of hydrogen-bond donors (Lipinski definition) is 1. The lowest BCUT2D eigenvalue weighted by Gasteiger charge is -2.11. The summed E-state index contributed by atoms with van der Waals surface area (Å²) in [5, 5.41) is 9.08. The molecule has 1 aromatic carbocycles. The van der Waals surface area contributed by atoms with Crippen LogP contribution in [0.5, 0.6) is 5.75 Å². The molecule has 2 rings (SSSR count). The number of nitrogens with zero attached hydrogens (tertiary/aromatic N) is 1. The lowest BCUT2D eigenvalue weighted by atomic mass is 10.1. The van der Waals surface area contributed by atoms with Gasteiger partial charge in [0.1, 0.15) is 17.9 Å². The molecule has 1 N–H and O–H groups in total. The Morgan fingerprint density at radius 2 is 2.10 bits per heavy atom. The van der Waals surface area contributed by atoms with E-state index in [1.165, 1.54) is 16.7 Å².